The number of ether oxygens (including phenoxy) is 2. The first kappa shape index (κ1) is 15.6. The van der Waals surface area contributed by atoms with Crippen molar-refractivity contribution in [3.63, 3.8) is 0 Å². The van der Waals surface area contributed by atoms with E-state index in [1.807, 2.05) is 18.2 Å². The molecule has 1 aliphatic rings. The van der Waals surface area contributed by atoms with Gasteiger partial charge in [0.25, 0.3) is 0 Å². The summed E-state index contributed by atoms with van der Waals surface area (Å²) in [6, 6.07) is 5.84. The van der Waals surface area contributed by atoms with E-state index in [0.717, 1.165) is 49.4 Å². The molecule has 5 nitrogen and oxygen atoms in total. The fourth-order valence-corrected chi connectivity index (χ4v) is 2.59. The summed E-state index contributed by atoms with van der Waals surface area (Å²) in [6.45, 7) is 2.46. The topological polar surface area (TPSA) is 59.6 Å². The van der Waals surface area contributed by atoms with Gasteiger partial charge >= 0.3 is 0 Å². The highest BCUT2D eigenvalue weighted by molar-refractivity contribution is 5.78. The minimum absolute atomic E-state index is 0.115. The van der Waals surface area contributed by atoms with Crippen LogP contribution in [0.4, 0.5) is 0 Å². The van der Waals surface area contributed by atoms with Crippen molar-refractivity contribution in [3.05, 3.63) is 23.8 Å². The largest absolute Gasteiger partial charge is 0.493 e. The molecule has 1 atom stereocenters. The first-order chi connectivity index (χ1) is 10.2. The van der Waals surface area contributed by atoms with Gasteiger partial charge in [-0.25, -0.2) is 0 Å². The van der Waals surface area contributed by atoms with Crippen LogP contribution >= 0.6 is 0 Å². The van der Waals surface area contributed by atoms with E-state index < -0.39 is 0 Å². The molecule has 1 aromatic rings. The Morgan fingerprint density at radius 1 is 1.33 bits per heavy atom. The molecule has 1 aliphatic heterocycles. The van der Waals surface area contributed by atoms with Crippen LogP contribution in [-0.2, 0) is 11.2 Å². The normalized spacial score (nSPS) is 18.1. The SMILES string of the molecule is COc1ccc(CCNC(=O)C2CCCNC2)cc1OC. The Balaban J connectivity index is 1.81. The number of benzene rings is 1. The van der Waals surface area contributed by atoms with Crippen LogP contribution in [0.25, 0.3) is 0 Å². The smallest absolute Gasteiger partial charge is 0.224 e. The zero-order valence-corrected chi connectivity index (χ0v) is 12.8. The third-order valence-corrected chi connectivity index (χ3v) is 3.83. The van der Waals surface area contributed by atoms with E-state index >= 15 is 0 Å². The minimum Gasteiger partial charge on any atom is -0.493 e. The number of methoxy groups -OCH3 is 2. The van der Waals surface area contributed by atoms with Crippen LogP contribution in [0.15, 0.2) is 18.2 Å². The van der Waals surface area contributed by atoms with Crippen molar-refractivity contribution in [2.45, 2.75) is 19.3 Å². The molecule has 1 amide bonds. The fourth-order valence-electron chi connectivity index (χ4n) is 2.59. The molecule has 1 aromatic carbocycles. The van der Waals surface area contributed by atoms with Crippen molar-refractivity contribution in [3.8, 4) is 11.5 Å². The lowest BCUT2D eigenvalue weighted by Crippen LogP contribution is -2.41. The number of rotatable bonds is 6. The molecule has 2 rings (SSSR count). The lowest BCUT2D eigenvalue weighted by Gasteiger charge is -2.21. The highest BCUT2D eigenvalue weighted by Crippen LogP contribution is 2.27. The molecule has 21 heavy (non-hydrogen) atoms. The first-order valence-corrected chi connectivity index (χ1v) is 7.44. The monoisotopic (exact) mass is 292 g/mol. The highest BCUT2D eigenvalue weighted by Gasteiger charge is 2.20. The van der Waals surface area contributed by atoms with Crippen LogP contribution in [0.5, 0.6) is 11.5 Å². The number of nitrogens with one attached hydrogen (secondary N) is 2. The van der Waals surface area contributed by atoms with Gasteiger partial charge in [-0.2, -0.15) is 0 Å². The van der Waals surface area contributed by atoms with Gasteiger partial charge in [0.2, 0.25) is 5.91 Å². The Kier molecular flexibility index (Phi) is 5.87. The molecule has 0 spiro atoms. The van der Waals surface area contributed by atoms with Crippen LogP contribution < -0.4 is 20.1 Å². The predicted molar refractivity (Wildman–Crippen MR) is 81.9 cm³/mol. The minimum atomic E-state index is 0.115. The van der Waals surface area contributed by atoms with Gasteiger partial charge in [0.1, 0.15) is 0 Å². The van der Waals surface area contributed by atoms with E-state index in [1.165, 1.54) is 0 Å². The maximum atomic E-state index is 12.0. The molecule has 0 saturated carbocycles. The number of carbonyl (C=O) groups excluding carboxylic acids is 1. The first-order valence-electron chi connectivity index (χ1n) is 7.44. The van der Waals surface area contributed by atoms with E-state index in [-0.39, 0.29) is 11.8 Å². The lowest BCUT2D eigenvalue weighted by molar-refractivity contribution is -0.125. The molecule has 5 heteroatoms. The third kappa shape index (κ3) is 4.36. The Labute approximate surface area is 126 Å². The van der Waals surface area contributed by atoms with Crippen molar-refractivity contribution in [2.24, 2.45) is 5.92 Å². The molecule has 1 fully saturated rings. The van der Waals surface area contributed by atoms with Gasteiger partial charge in [0, 0.05) is 13.1 Å². The van der Waals surface area contributed by atoms with E-state index in [0.29, 0.717) is 6.54 Å². The number of carbonyl (C=O) groups is 1. The molecule has 0 aromatic heterocycles. The van der Waals surface area contributed by atoms with Crippen molar-refractivity contribution in [1.82, 2.24) is 10.6 Å². The zero-order valence-electron chi connectivity index (χ0n) is 12.8. The molecule has 116 valence electrons. The summed E-state index contributed by atoms with van der Waals surface area (Å²) < 4.78 is 10.5. The molecule has 0 radical (unpaired) electrons. The maximum Gasteiger partial charge on any atom is 0.224 e. The molecular formula is C16H24N2O3. The van der Waals surface area contributed by atoms with Gasteiger partial charge in [-0.3, -0.25) is 4.79 Å². The molecule has 0 aliphatic carbocycles. The maximum absolute atomic E-state index is 12.0. The molecule has 1 unspecified atom stereocenters. The van der Waals surface area contributed by atoms with Crippen LogP contribution in [0.2, 0.25) is 0 Å². The van der Waals surface area contributed by atoms with Crippen molar-refractivity contribution in [2.75, 3.05) is 33.9 Å². The molecular weight excluding hydrogens is 268 g/mol. The predicted octanol–water partition coefficient (Wildman–Crippen LogP) is 1.36. The van der Waals surface area contributed by atoms with Gasteiger partial charge in [-0.1, -0.05) is 6.07 Å². The quantitative estimate of drug-likeness (QED) is 0.831. The summed E-state index contributed by atoms with van der Waals surface area (Å²) in [5, 5.41) is 6.28. The summed E-state index contributed by atoms with van der Waals surface area (Å²) in [6.07, 6.45) is 2.84. The van der Waals surface area contributed by atoms with E-state index in [4.69, 9.17) is 9.47 Å². The van der Waals surface area contributed by atoms with Crippen LogP contribution in [0.1, 0.15) is 18.4 Å². The molecule has 1 saturated heterocycles. The van der Waals surface area contributed by atoms with Gasteiger partial charge in [0.15, 0.2) is 11.5 Å². The summed E-state index contributed by atoms with van der Waals surface area (Å²) >= 11 is 0. The second-order valence-corrected chi connectivity index (χ2v) is 5.27. The Hall–Kier alpha value is -1.75. The number of amides is 1. The molecule has 0 bridgehead atoms. The Morgan fingerprint density at radius 3 is 2.81 bits per heavy atom. The zero-order chi connectivity index (χ0) is 15.1. The van der Waals surface area contributed by atoms with Crippen molar-refractivity contribution in [1.29, 1.82) is 0 Å². The van der Waals surface area contributed by atoms with Gasteiger partial charge in [0.05, 0.1) is 20.1 Å². The standard InChI is InChI=1S/C16H24N2O3/c1-20-14-6-5-12(10-15(14)21-2)7-9-18-16(19)13-4-3-8-17-11-13/h5-6,10,13,17H,3-4,7-9,11H2,1-2H3,(H,18,19). The summed E-state index contributed by atoms with van der Waals surface area (Å²) in [7, 11) is 3.25. The number of hydrogen-bond acceptors (Lipinski definition) is 4. The molecule has 2 N–H and O–H groups in total. The van der Waals surface area contributed by atoms with Gasteiger partial charge in [-0.15, -0.1) is 0 Å². The van der Waals surface area contributed by atoms with Gasteiger partial charge in [-0.05, 0) is 43.5 Å². The lowest BCUT2D eigenvalue weighted by atomic mass is 9.99. The second kappa shape index (κ2) is 7.88. The van der Waals surface area contributed by atoms with Crippen LogP contribution in [-0.4, -0.2) is 39.8 Å². The van der Waals surface area contributed by atoms with Crippen molar-refractivity contribution < 1.29 is 14.3 Å². The van der Waals surface area contributed by atoms with Crippen LogP contribution in [0.3, 0.4) is 0 Å². The van der Waals surface area contributed by atoms with Crippen LogP contribution in [0, 0.1) is 5.92 Å². The van der Waals surface area contributed by atoms with E-state index in [2.05, 4.69) is 10.6 Å². The molecule has 1 heterocycles. The Bertz CT molecular complexity index is 471. The summed E-state index contributed by atoms with van der Waals surface area (Å²) in [5.74, 6) is 1.71. The summed E-state index contributed by atoms with van der Waals surface area (Å²) in [5.41, 5.74) is 1.12. The van der Waals surface area contributed by atoms with E-state index in [9.17, 15) is 4.79 Å². The summed E-state index contributed by atoms with van der Waals surface area (Å²) in [4.78, 5) is 12.0. The Morgan fingerprint density at radius 2 is 2.14 bits per heavy atom. The number of hydrogen-bond donors (Lipinski definition) is 2. The average Bonchev–Trinajstić information content (AvgIpc) is 2.55. The van der Waals surface area contributed by atoms with Crippen molar-refractivity contribution >= 4 is 5.91 Å². The highest BCUT2D eigenvalue weighted by atomic mass is 16.5. The number of piperidine rings is 1. The average molecular weight is 292 g/mol. The van der Waals surface area contributed by atoms with Gasteiger partial charge < -0.3 is 20.1 Å². The fraction of sp³-hybridized carbons (Fsp3) is 0.562. The van der Waals surface area contributed by atoms with E-state index in [1.54, 1.807) is 14.2 Å². The second-order valence-electron chi connectivity index (χ2n) is 5.27. The third-order valence-electron chi connectivity index (χ3n) is 3.83.